The zero-order valence-corrected chi connectivity index (χ0v) is 20.1. The number of aliphatic hydroxyl groups excluding tert-OH is 1. The van der Waals surface area contributed by atoms with Crippen LogP contribution in [0.2, 0.25) is 0 Å². The van der Waals surface area contributed by atoms with Crippen LogP contribution in [0.1, 0.15) is 120 Å². The van der Waals surface area contributed by atoms with Crippen molar-refractivity contribution in [1.29, 1.82) is 0 Å². The molecule has 0 spiro atoms. The van der Waals surface area contributed by atoms with E-state index in [0.29, 0.717) is 12.2 Å². The lowest BCUT2D eigenvalue weighted by Crippen LogP contribution is -2.22. The fourth-order valence-corrected chi connectivity index (χ4v) is 4.44. The van der Waals surface area contributed by atoms with Gasteiger partial charge in [-0.05, 0) is 29.7 Å². The van der Waals surface area contributed by atoms with E-state index in [1.807, 2.05) is 12.1 Å². The fourth-order valence-electron chi connectivity index (χ4n) is 4.44. The minimum Gasteiger partial charge on any atom is -0.494 e. The van der Waals surface area contributed by atoms with Gasteiger partial charge in [-0.2, -0.15) is 0 Å². The zero-order valence-electron chi connectivity index (χ0n) is 20.1. The van der Waals surface area contributed by atoms with Crippen molar-refractivity contribution in [3.63, 3.8) is 0 Å². The van der Waals surface area contributed by atoms with Gasteiger partial charge in [0.05, 0.1) is 12.7 Å². The Hall–Kier alpha value is -1.81. The molecule has 4 heteroatoms. The second-order valence-electron chi connectivity index (χ2n) is 9.26. The summed E-state index contributed by atoms with van der Waals surface area (Å²) in [5.41, 5.74) is 1.49. The Morgan fingerprint density at radius 2 is 1.38 bits per heavy atom. The topological polar surface area (TPSA) is 66.8 Å². The number of hydrogen-bond donors (Lipinski definition) is 2. The molecule has 1 aromatic rings. The monoisotopic (exact) mass is 444 g/mol. The zero-order chi connectivity index (χ0) is 23.0. The third-order valence-corrected chi connectivity index (χ3v) is 6.50. The largest absolute Gasteiger partial charge is 0.494 e. The molecule has 1 aromatic carbocycles. The Bertz CT molecular complexity index is 682. The quantitative estimate of drug-likeness (QED) is 0.228. The Kier molecular flexibility index (Phi) is 13.1. The third-order valence-electron chi connectivity index (χ3n) is 6.50. The number of unbranched alkanes of at least 4 members (excludes halogenated alkanes) is 14. The Balaban J connectivity index is 1.45. The molecule has 1 aliphatic carbocycles. The van der Waals surface area contributed by atoms with Crippen molar-refractivity contribution in [1.82, 2.24) is 0 Å². The number of ether oxygens (including phenoxy) is 1. The number of carboxylic acid groups (broad SMARTS) is 1. The van der Waals surface area contributed by atoms with Crippen LogP contribution in [0.15, 0.2) is 24.3 Å². The molecule has 2 rings (SSSR count). The molecule has 2 N–H and O–H groups in total. The van der Waals surface area contributed by atoms with Crippen molar-refractivity contribution in [2.45, 2.75) is 109 Å². The predicted molar refractivity (Wildman–Crippen MR) is 132 cm³/mol. The van der Waals surface area contributed by atoms with Gasteiger partial charge in [-0.3, -0.25) is 4.79 Å². The minimum atomic E-state index is -1.01. The number of aliphatic hydroxyl groups is 1. The van der Waals surface area contributed by atoms with E-state index in [1.54, 1.807) is 18.2 Å². The molecule has 0 amide bonds. The van der Waals surface area contributed by atoms with Gasteiger partial charge in [0.15, 0.2) is 0 Å². The highest BCUT2D eigenvalue weighted by Crippen LogP contribution is 2.34. The highest BCUT2D eigenvalue weighted by molar-refractivity contribution is 5.77. The molecule has 2 atom stereocenters. The molecular weight excluding hydrogens is 400 g/mol. The van der Waals surface area contributed by atoms with E-state index in [2.05, 4.69) is 6.92 Å². The molecule has 0 radical (unpaired) electrons. The first-order valence-corrected chi connectivity index (χ1v) is 13.0. The van der Waals surface area contributed by atoms with Crippen molar-refractivity contribution in [3.05, 3.63) is 35.4 Å². The highest BCUT2D eigenvalue weighted by atomic mass is 16.5. The van der Waals surface area contributed by atoms with E-state index in [9.17, 15) is 9.90 Å². The number of benzene rings is 1. The van der Waals surface area contributed by atoms with Crippen LogP contribution in [0, 0.1) is 5.92 Å². The van der Waals surface area contributed by atoms with Gasteiger partial charge in [0.25, 0.3) is 0 Å². The summed E-state index contributed by atoms with van der Waals surface area (Å²) in [6.07, 6.45) is 22.6. The minimum absolute atomic E-state index is 0.652. The molecule has 0 saturated heterocycles. The summed E-state index contributed by atoms with van der Waals surface area (Å²) < 4.78 is 5.86. The van der Waals surface area contributed by atoms with Crippen LogP contribution in [-0.2, 0) is 4.79 Å². The maximum absolute atomic E-state index is 11.2. The summed E-state index contributed by atoms with van der Waals surface area (Å²) in [6.45, 7) is 2.97. The van der Waals surface area contributed by atoms with Gasteiger partial charge in [-0.1, -0.05) is 115 Å². The molecule has 0 saturated carbocycles. The normalized spacial score (nSPS) is 17.3. The smallest absolute Gasteiger partial charge is 0.313 e. The van der Waals surface area contributed by atoms with Crippen molar-refractivity contribution in [2.75, 3.05) is 6.61 Å². The Labute approximate surface area is 195 Å². The van der Waals surface area contributed by atoms with Gasteiger partial charge in [0.1, 0.15) is 11.7 Å². The first-order valence-electron chi connectivity index (χ1n) is 13.0. The number of carboxylic acids is 1. The molecule has 0 aromatic heterocycles. The number of aliphatic carboxylic acids is 1. The lowest BCUT2D eigenvalue weighted by Gasteiger charge is -2.23. The number of fused-ring (bicyclic) bond motifs is 1. The summed E-state index contributed by atoms with van der Waals surface area (Å²) in [7, 11) is 0. The number of hydrogen-bond acceptors (Lipinski definition) is 3. The molecule has 0 aliphatic heterocycles. The van der Waals surface area contributed by atoms with Gasteiger partial charge < -0.3 is 14.9 Å². The summed E-state index contributed by atoms with van der Waals surface area (Å²) in [6, 6.07) is 5.49. The van der Waals surface area contributed by atoms with E-state index in [0.717, 1.165) is 17.7 Å². The average Bonchev–Trinajstić information content (AvgIpc) is 2.78. The van der Waals surface area contributed by atoms with Gasteiger partial charge in [-0.15, -0.1) is 0 Å². The van der Waals surface area contributed by atoms with E-state index in [4.69, 9.17) is 9.84 Å². The SMILES string of the molecule is CCCCCCCCCCCCCCCCCOc1ccc2c(c1)C=CC(C(=O)O)C2O. The maximum atomic E-state index is 11.2. The van der Waals surface area contributed by atoms with Crippen LogP contribution in [0.25, 0.3) is 6.08 Å². The summed E-state index contributed by atoms with van der Waals surface area (Å²) in [4.78, 5) is 11.2. The summed E-state index contributed by atoms with van der Waals surface area (Å²) >= 11 is 0. The number of rotatable bonds is 18. The van der Waals surface area contributed by atoms with Crippen molar-refractivity contribution < 1.29 is 19.7 Å². The molecule has 180 valence electrons. The number of carbonyl (C=O) groups is 1. The first-order chi connectivity index (χ1) is 15.6. The van der Waals surface area contributed by atoms with Gasteiger partial charge in [0.2, 0.25) is 0 Å². The van der Waals surface area contributed by atoms with Crippen LogP contribution in [0.4, 0.5) is 0 Å². The Morgan fingerprint density at radius 3 is 1.91 bits per heavy atom. The van der Waals surface area contributed by atoms with E-state index >= 15 is 0 Å². The molecular formula is C28H44O4. The maximum Gasteiger partial charge on any atom is 0.313 e. The molecule has 1 aliphatic rings. The van der Waals surface area contributed by atoms with Gasteiger partial charge in [0, 0.05) is 0 Å². The van der Waals surface area contributed by atoms with Crippen LogP contribution in [0.3, 0.4) is 0 Å². The van der Waals surface area contributed by atoms with Gasteiger partial charge >= 0.3 is 5.97 Å². The summed E-state index contributed by atoms with van der Waals surface area (Å²) in [5.74, 6) is -1.11. The van der Waals surface area contributed by atoms with Crippen LogP contribution in [0.5, 0.6) is 5.75 Å². The molecule has 0 fully saturated rings. The fraction of sp³-hybridized carbons (Fsp3) is 0.679. The van der Waals surface area contributed by atoms with Gasteiger partial charge in [-0.25, -0.2) is 0 Å². The molecule has 0 heterocycles. The second kappa shape index (κ2) is 15.9. The van der Waals surface area contributed by atoms with Crippen LogP contribution >= 0.6 is 0 Å². The van der Waals surface area contributed by atoms with Crippen molar-refractivity contribution >= 4 is 12.0 Å². The first kappa shape index (κ1) is 26.4. The average molecular weight is 445 g/mol. The predicted octanol–water partition coefficient (Wildman–Crippen LogP) is 7.70. The third kappa shape index (κ3) is 9.77. The highest BCUT2D eigenvalue weighted by Gasteiger charge is 2.29. The lowest BCUT2D eigenvalue weighted by atomic mass is 9.87. The molecule has 2 unspecified atom stereocenters. The van der Waals surface area contributed by atoms with E-state index < -0.39 is 18.0 Å². The van der Waals surface area contributed by atoms with E-state index in [1.165, 1.54) is 89.9 Å². The lowest BCUT2D eigenvalue weighted by molar-refractivity contribution is -0.143. The standard InChI is InChI=1S/C28H44O4/c1-2-3-4-5-6-7-8-9-10-11-12-13-14-15-16-21-32-24-18-20-25-23(22-24)17-19-26(27(25)29)28(30)31/h17-20,22,26-27,29H,2-16,21H2,1H3,(H,30,31). The van der Waals surface area contributed by atoms with Crippen molar-refractivity contribution in [3.8, 4) is 5.75 Å². The Morgan fingerprint density at radius 1 is 0.844 bits per heavy atom. The van der Waals surface area contributed by atoms with Crippen LogP contribution in [-0.4, -0.2) is 22.8 Å². The molecule has 0 bridgehead atoms. The summed E-state index contributed by atoms with van der Waals surface area (Å²) in [5, 5.41) is 19.4. The molecule has 4 nitrogen and oxygen atoms in total. The van der Waals surface area contributed by atoms with E-state index in [-0.39, 0.29) is 0 Å². The van der Waals surface area contributed by atoms with Crippen molar-refractivity contribution in [2.24, 2.45) is 5.92 Å². The van der Waals surface area contributed by atoms with Crippen LogP contribution < -0.4 is 4.74 Å². The second-order valence-corrected chi connectivity index (χ2v) is 9.26. The molecule has 32 heavy (non-hydrogen) atoms.